The Balaban J connectivity index is 1.98. The zero-order chi connectivity index (χ0) is 23.0. The number of carbonyl (C=O) groups is 2. The van der Waals surface area contributed by atoms with E-state index in [2.05, 4.69) is 10.6 Å². The molecule has 2 aromatic carbocycles. The molecule has 0 unspecified atom stereocenters. The van der Waals surface area contributed by atoms with Crippen LogP contribution in [0.25, 0.3) is 0 Å². The molecule has 0 radical (unpaired) electrons. The van der Waals surface area contributed by atoms with Crippen LogP contribution in [0.2, 0.25) is 0 Å². The smallest absolute Gasteiger partial charge is 0.251 e. The van der Waals surface area contributed by atoms with Gasteiger partial charge in [-0.15, -0.1) is 0 Å². The second-order valence-electron chi connectivity index (χ2n) is 7.73. The minimum Gasteiger partial charge on any atom is -0.497 e. The lowest BCUT2D eigenvalue weighted by Crippen LogP contribution is -2.42. The maximum Gasteiger partial charge on any atom is 0.251 e. The van der Waals surface area contributed by atoms with Crippen molar-refractivity contribution in [3.05, 3.63) is 47.5 Å². The SMILES string of the molecule is COc1cc(OC)cc(C(=O)NCC(C)(C)CNC(=O)c2cc(OC)cc(OC)c2)c1. The lowest BCUT2D eigenvalue weighted by molar-refractivity contribution is 0.0919. The lowest BCUT2D eigenvalue weighted by atomic mass is 9.93. The minimum atomic E-state index is -0.392. The van der Waals surface area contributed by atoms with E-state index >= 15 is 0 Å². The molecule has 0 aromatic heterocycles. The number of carbonyl (C=O) groups excluding carboxylic acids is 2. The van der Waals surface area contributed by atoms with Crippen molar-refractivity contribution in [1.29, 1.82) is 0 Å². The molecule has 2 amide bonds. The summed E-state index contributed by atoms with van der Waals surface area (Å²) in [4.78, 5) is 25.2. The quantitative estimate of drug-likeness (QED) is 0.602. The largest absolute Gasteiger partial charge is 0.497 e. The van der Waals surface area contributed by atoms with Gasteiger partial charge >= 0.3 is 0 Å². The molecule has 0 aliphatic carbocycles. The van der Waals surface area contributed by atoms with Gasteiger partial charge in [0.05, 0.1) is 28.4 Å². The summed E-state index contributed by atoms with van der Waals surface area (Å²) < 4.78 is 20.8. The van der Waals surface area contributed by atoms with E-state index < -0.39 is 5.41 Å². The monoisotopic (exact) mass is 430 g/mol. The number of rotatable bonds is 10. The van der Waals surface area contributed by atoms with Crippen LogP contribution in [0, 0.1) is 5.41 Å². The topological polar surface area (TPSA) is 95.1 Å². The molecule has 0 saturated heterocycles. The van der Waals surface area contributed by atoms with E-state index in [1.54, 1.807) is 36.4 Å². The summed E-state index contributed by atoms with van der Waals surface area (Å²) in [6.07, 6.45) is 0. The Morgan fingerprint density at radius 2 is 0.935 bits per heavy atom. The van der Waals surface area contributed by atoms with Gasteiger partial charge in [-0.2, -0.15) is 0 Å². The maximum absolute atomic E-state index is 12.6. The lowest BCUT2D eigenvalue weighted by Gasteiger charge is -2.25. The highest BCUT2D eigenvalue weighted by Gasteiger charge is 2.22. The summed E-state index contributed by atoms with van der Waals surface area (Å²) in [6.45, 7) is 4.61. The summed E-state index contributed by atoms with van der Waals surface area (Å²) in [5.74, 6) is 1.62. The molecule has 0 saturated carbocycles. The van der Waals surface area contributed by atoms with E-state index in [9.17, 15) is 9.59 Å². The molecule has 8 nitrogen and oxygen atoms in total. The van der Waals surface area contributed by atoms with Gasteiger partial charge in [0.1, 0.15) is 23.0 Å². The van der Waals surface area contributed by atoms with Crippen molar-refractivity contribution in [2.45, 2.75) is 13.8 Å². The molecule has 0 aliphatic rings. The number of ether oxygens (including phenoxy) is 4. The van der Waals surface area contributed by atoms with Crippen molar-refractivity contribution < 1.29 is 28.5 Å². The van der Waals surface area contributed by atoms with Crippen molar-refractivity contribution in [3.63, 3.8) is 0 Å². The predicted octanol–water partition coefficient (Wildman–Crippen LogP) is 2.91. The zero-order valence-electron chi connectivity index (χ0n) is 18.8. The second kappa shape index (κ2) is 10.6. The highest BCUT2D eigenvalue weighted by Crippen LogP contribution is 2.24. The molecule has 0 atom stereocenters. The molecule has 31 heavy (non-hydrogen) atoms. The van der Waals surface area contributed by atoms with Crippen molar-refractivity contribution in [2.24, 2.45) is 5.41 Å². The van der Waals surface area contributed by atoms with Crippen LogP contribution >= 0.6 is 0 Å². The number of hydrogen-bond acceptors (Lipinski definition) is 6. The van der Waals surface area contributed by atoms with Gasteiger partial charge in [-0.1, -0.05) is 13.8 Å². The number of methoxy groups -OCH3 is 4. The summed E-state index contributed by atoms with van der Waals surface area (Å²) in [5, 5.41) is 5.80. The van der Waals surface area contributed by atoms with E-state index in [0.29, 0.717) is 47.2 Å². The van der Waals surface area contributed by atoms with E-state index in [0.717, 1.165) is 0 Å². The van der Waals surface area contributed by atoms with E-state index in [4.69, 9.17) is 18.9 Å². The standard InChI is InChI=1S/C23H30N2O6/c1-23(2,13-24-21(26)15-7-17(28-3)11-18(8-15)29-4)14-25-22(27)16-9-19(30-5)12-20(10-16)31-6/h7-12H,13-14H2,1-6H3,(H,24,26)(H,25,27). The van der Waals surface area contributed by atoms with Crippen LogP contribution in [0.4, 0.5) is 0 Å². The van der Waals surface area contributed by atoms with Crippen molar-refractivity contribution in [1.82, 2.24) is 10.6 Å². The van der Waals surface area contributed by atoms with Crippen molar-refractivity contribution >= 4 is 11.8 Å². The van der Waals surface area contributed by atoms with Crippen LogP contribution in [0.5, 0.6) is 23.0 Å². The van der Waals surface area contributed by atoms with Gasteiger partial charge in [-0.05, 0) is 29.7 Å². The van der Waals surface area contributed by atoms with Gasteiger partial charge in [0.15, 0.2) is 0 Å². The minimum absolute atomic E-state index is 0.255. The van der Waals surface area contributed by atoms with Gasteiger partial charge in [-0.25, -0.2) is 0 Å². The molecular formula is C23H30N2O6. The average molecular weight is 431 g/mol. The number of amides is 2. The van der Waals surface area contributed by atoms with Crippen LogP contribution in [0.1, 0.15) is 34.6 Å². The normalized spacial score (nSPS) is 10.8. The van der Waals surface area contributed by atoms with Crippen LogP contribution in [0.15, 0.2) is 36.4 Å². The first-order chi connectivity index (χ1) is 14.7. The number of nitrogens with one attached hydrogen (secondary N) is 2. The van der Waals surface area contributed by atoms with Gasteiger partial charge in [0, 0.05) is 36.3 Å². The average Bonchev–Trinajstić information content (AvgIpc) is 2.80. The summed E-state index contributed by atoms with van der Waals surface area (Å²) in [5.41, 5.74) is 0.469. The third-order valence-electron chi connectivity index (χ3n) is 4.68. The first-order valence-corrected chi connectivity index (χ1v) is 9.74. The van der Waals surface area contributed by atoms with E-state index in [1.165, 1.54) is 28.4 Å². The molecule has 168 valence electrons. The number of hydrogen-bond donors (Lipinski definition) is 2. The van der Waals surface area contributed by atoms with Gasteiger partial charge in [0.2, 0.25) is 0 Å². The van der Waals surface area contributed by atoms with Crippen molar-refractivity contribution in [2.75, 3.05) is 41.5 Å². The Labute approximate surface area is 182 Å². The molecule has 0 bridgehead atoms. The number of benzene rings is 2. The third kappa shape index (κ3) is 6.80. The van der Waals surface area contributed by atoms with Crippen LogP contribution in [0.3, 0.4) is 0 Å². The predicted molar refractivity (Wildman–Crippen MR) is 118 cm³/mol. The third-order valence-corrected chi connectivity index (χ3v) is 4.68. The Kier molecular flexibility index (Phi) is 8.13. The Morgan fingerprint density at radius 1 is 0.645 bits per heavy atom. The second-order valence-corrected chi connectivity index (χ2v) is 7.73. The molecule has 2 N–H and O–H groups in total. The first kappa shape index (κ1) is 23.9. The van der Waals surface area contributed by atoms with E-state index in [-0.39, 0.29) is 11.8 Å². The summed E-state index contributed by atoms with van der Waals surface area (Å²) in [7, 11) is 6.11. The Hall–Kier alpha value is -3.42. The molecule has 2 aromatic rings. The maximum atomic E-state index is 12.6. The fourth-order valence-corrected chi connectivity index (χ4v) is 2.78. The first-order valence-electron chi connectivity index (χ1n) is 9.74. The molecule has 0 heterocycles. The molecule has 0 fully saturated rings. The van der Waals surface area contributed by atoms with Gasteiger partial charge < -0.3 is 29.6 Å². The molecule has 8 heteroatoms. The van der Waals surface area contributed by atoms with Gasteiger partial charge in [0.25, 0.3) is 11.8 Å². The fraction of sp³-hybridized carbons (Fsp3) is 0.391. The highest BCUT2D eigenvalue weighted by molar-refractivity contribution is 5.95. The van der Waals surface area contributed by atoms with Crippen LogP contribution < -0.4 is 29.6 Å². The molecular weight excluding hydrogens is 400 g/mol. The van der Waals surface area contributed by atoms with Gasteiger partial charge in [-0.3, -0.25) is 9.59 Å². The summed E-state index contributed by atoms with van der Waals surface area (Å²) in [6, 6.07) is 9.96. The molecule has 2 rings (SSSR count). The molecule has 0 aliphatic heterocycles. The highest BCUT2D eigenvalue weighted by atomic mass is 16.5. The van der Waals surface area contributed by atoms with Crippen molar-refractivity contribution in [3.8, 4) is 23.0 Å². The molecule has 0 spiro atoms. The van der Waals surface area contributed by atoms with Crippen LogP contribution in [-0.4, -0.2) is 53.3 Å². The Bertz CT molecular complexity index is 808. The van der Waals surface area contributed by atoms with Crippen LogP contribution in [-0.2, 0) is 0 Å². The Morgan fingerprint density at radius 3 is 1.19 bits per heavy atom. The van der Waals surface area contributed by atoms with E-state index in [1.807, 2.05) is 13.8 Å². The summed E-state index contributed by atoms with van der Waals surface area (Å²) >= 11 is 0. The fourth-order valence-electron chi connectivity index (χ4n) is 2.78. The zero-order valence-corrected chi connectivity index (χ0v) is 18.8.